The Balaban J connectivity index is 1.50. The zero-order valence-corrected chi connectivity index (χ0v) is 15.3. The summed E-state index contributed by atoms with van der Waals surface area (Å²) in [5.41, 5.74) is 2.25. The molecule has 1 aromatic rings. The normalized spacial score (nSPS) is 19.9. The smallest absolute Gasteiger partial charge is 0.317 e. The molecule has 24 heavy (non-hydrogen) atoms. The maximum Gasteiger partial charge on any atom is 0.317 e. The molecule has 0 radical (unpaired) electrons. The highest BCUT2D eigenvalue weighted by atomic mass is 35.5. The maximum atomic E-state index is 12.5. The number of carbonyl (C=O) groups is 1. The van der Waals surface area contributed by atoms with E-state index in [0.29, 0.717) is 6.04 Å². The van der Waals surface area contributed by atoms with Crippen LogP contribution in [-0.2, 0) is 0 Å². The number of nitrogens with one attached hydrogen (secondary N) is 1. The molecule has 2 amide bonds. The average Bonchev–Trinajstić information content (AvgIpc) is 2.86. The van der Waals surface area contributed by atoms with Crippen molar-refractivity contribution in [2.45, 2.75) is 51.5 Å². The van der Waals surface area contributed by atoms with Crippen molar-refractivity contribution in [3.8, 4) is 0 Å². The van der Waals surface area contributed by atoms with Gasteiger partial charge in [-0.2, -0.15) is 0 Å². The third-order valence-electron chi connectivity index (χ3n) is 5.27. The highest BCUT2D eigenvalue weighted by molar-refractivity contribution is 6.31. The van der Waals surface area contributed by atoms with Crippen LogP contribution in [0, 0.1) is 6.92 Å². The number of piperazine rings is 1. The fourth-order valence-electron chi connectivity index (χ4n) is 3.64. The Labute approximate surface area is 150 Å². The Bertz CT molecular complexity index is 562. The van der Waals surface area contributed by atoms with E-state index in [2.05, 4.69) is 22.3 Å². The van der Waals surface area contributed by atoms with Crippen molar-refractivity contribution in [3.63, 3.8) is 0 Å². The first-order chi connectivity index (χ1) is 11.6. The molecule has 2 fully saturated rings. The van der Waals surface area contributed by atoms with Crippen LogP contribution in [0.2, 0.25) is 5.02 Å². The summed E-state index contributed by atoms with van der Waals surface area (Å²) >= 11 is 6.23. The van der Waals surface area contributed by atoms with Crippen molar-refractivity contribution in [3.05, 3.63) is 28.8 Å². The maximum absolute atomic E-state index is 12.5. The first kappa shape index (κ1) is 17.4. The van der Waals surface area contributed by atoms with Gasteiger partial charge >= 0.3 is 6.03 Å². The summed E-state index contributed by atoms with van der Waals surface area (Å²) in [5.74, 6) is 0. The summed E-state index contributed by atoms with van der Waals surface area (Å²) in [6.07, 6.45) is 7.37. The van der Waals surface area contributed by atoms with Gasteiger partial charge in [0.25, 0.3) is 0 Å². The Morgan fingerprint density at radius 2 is 1.75 bits per heavy atom. The van der Waals surface area contributed by atoms with Crippen molar-refractivity contribution in [2.24, 2.45) is 0 Å². The van der Waals surface area contributed by atoms with Crippen LogP contribution in [-0.4, -0.2) is 43.2 Å². The van der Waals surface area contributed by atoms with Crippen molar-refractivity contribution >= 4 is 23.3 Å². The molecule has 1 saturated heterocycles. The highest BCUT2D eigenvalue weighted by Gasteiger charge is 2.23. The Morgan fingerprint density at radius 3 is 2.38 bits per heavy atom. The summed E-state index contributed by atoms with van der Waals surface area (Å²) in [7, 11) is 0. The Kier molecular flexibility index (Phi) is 5.88. The van der Waals surface area contributed by atoms with Crippen molar-refractivity contribution < 1.29 is 4.79 Å². The number of hydrogen-bond donors (Lipinski definition) is 1. The van der Waals surface area contributed by atoms with Gasteiger partial charge in [0.1, 0.15) is 0 Å². The number of nitrogens with zero attached hydrogens (tertiary/aromatic N) is 2. The summed E-state index contributed by atoms with van der Waals surface area (Å²) in [6.45, 7) is 5.27. The minimum Gasteiger partial charge on any atom is -0.368 e. The van der Waals surface area contributed by atoms with Crippen LogP contribution in [0.15, 0.2) is 18.2 Å². The second-order valence-corrected chi connectivity index (χ2v) is 7.45. The number of urea groups is 1. The van der Waals surface area contributed by atoms with Gasteiger partial charge in [0.15, 0.2) is 0 Å². The zero-order chi connectivity index (χ0) is 16.9. The van der Waals surface area contributed by atoms with Gasteiger partial charge in [-0.1, -0.05) is 43.4 Å². The molecule has 1 saturated carbocycles. The summed E-state index contributed by atoms with van der Waals surface area (Å²) < 4.78 is 0. The van der Waals surface area contributed by atoms with Gasteiger partial charge in [-0.25, -0.2) is 4.79 Å². The minimum atomic E-state index is 0.114. The molecular weight excluding hydrogens is 322 g/mol. The van der Waals surface area contributed by atoms with Gasteiger partial charge in [-0.15, -0.1) is 0 Å². The van der Waals surface area contributed by atoms with E-state index in [4.69, 9.17) is 11.6 Å². The molecule has 1 aromatic carbocycles. The van der Waals surface area contributed by atoms with Crippen LogP contribution in [0.25, 0.3) is 0 Å². The van der Waals surface area contributed by atoms with Gasteiger partial charge < -0.3 is 15.1 Å². The minimum absolute atomic E-state index is 0.114. The lowest BCUT2D eigenvalue weighted by atomic mass is 10.1. The molecular formula is C19H28ClN3O. The molecule has 0 atom stereocenters. The largest absolute Gasteiger partial charge is 0.368 e. The first-order valence-electron chi connectivity index (χ1n) is 9.20. The molecule has 1 heterocycles. The first-order valence-corrected chi connectivity index (χ1v) is 9.58. The molecule has 0 unspecified atom stereocenters. The van der Waals surface area contributed by atoms with E-state index >= 15 is 0 Å². The van der Waals surface area contributed by atoms with Gasteiger partial charge in [0.2, 0.25) is 0 Å². The lowest BCUT2D eigenvalue weighted by Gasteiger charge is -2.37. The zero-order valence-electron chi connectivity index (χ0n) is 14.6. The molecule has 1 aliphatic heterocycles. The van der Waals surface area contributed by atoms with Crippen molar-refractivity contribution in [2.75, 3.05) is 31.1 Å². The van der Waals surface area contributed by atoms with Gasteiger partial charge in [0, 0.05) is 42.9 Å². The molecule has 1 aliphatic carbocycles. The Morgan fingerprint density at radius 1 is 1.08 bits per heavy atom. The van der Waals surface area contributed by atoms with Gasteiger partial charge in [-0.3, -0.25) is 0 Å². The van der Waals surface area contributed by atoms with E-state index in [-0.39, 0.29) is 6.03 Å². The standard InChI is InChI=1S/C19H28ClN3O/c1-15-8-9-17(14-18(15)20)22-10-12-23(13-11-22)19(24)21-16-6-4-2-3-5-7-16/h8-9,14,16H,2-7,10-13H2,1H3,(H,21,24). The second kappa shape index (κ2) is 8.11. The fourth-order valence-corrected chi connectivity index (χ4v) is 3.81. The Hall–Kier alpha value is -1.42. The summed E-state index contributed by atoms with van der Waals surface area (Å²) in [4.78, 5) is 16.8. The predicted octanol–water partition coefficient (Wildman–Crippen LogP) is 4.20. The highest BCUT2D eigenvalue weighted by Crippen LogP contribution is 2.24. The third kappa shape index (κ3) is 4.35. The van der Waals surface area contributed by atoms with Crippen LogP contribution in [0.1, 0.15) is 44.1 Å². The SMILES string of the molecule is Cc1ccc(N2CCN(C(=O)NC3CCCCCC3)CC2)cc1Cl. The molecule has 2 aliphatic rings. The molecule has 0 bridgehead atoms. The number of hydrogen-bond acceptors (Lipinski definition) is 2. The number of halogens is 1. The second-order valence-electron chi connectivity index (χ2n) is 7.05. The molecule has 0 spiro atoms. The van der Waals surface area contributed by atoms with E-state index in [1.165, 1.54) is 25.7 Å². The van der Waals surface area contributed by atoms with Crippen LogP contribution in [0.3, 0.4) is 0 Å². The van der Waals surface area contributed by atoms with Gasteiger partial charge in [-0.05, 0) is 37.5 Å². The molecule has 132 valence electrons. The van der Waals surface area contributed by atoms with E-state index in [1.54, 1.807) is 0 Å². The number of rotatable bonds is 2. The predicted molar refractivity (Wildman–Crippen MR) is 100.0 cm³/mol. The molecule has 3 rings (SSSR count). The van der Waals surface area contributed by atoms with E-state index in [1.807, 2.05) is 17.9 Å². The van der Waals surface area contributed by atoms with Crippen molar-refractivity contribution in [1.82, 2.24) is 10.2 Å². The van der Waals surface area contributed by atoms with E-state index in [9.17, 15) is 4.79 Å². The lowest BCUT2D eigenvalue weighted by molar-refractivity contribution is 0.189. The molecule has 5 heteroatoms. The van der Waals surface area contributed by atoms with E-state index in [0.717, 1.165) is 55.3 Å². The van der Waals surface area contributed by atoms with Crippen molar-refractivity contribution in [1.29, 1.82) is 0 Å². The third-order valence-corrected chi connectivity index (χ3v) is 5.68. The number of aryl methyl sites for hydroxylation is 1. The van der Waals surface area contributed by atoms with Crippen LogP contribution < -0.4 is 10.2 Å². The average molecular weight is 350 g/mol. The molecule has 4 nitrogen and oxygen atoms in total. The van der Waals surface area contributed by atoms with Gasteiger partial charge in [0.05, 0.1) is 0 Å². The van der Waals surface area contributed by atoms with Crippen LogP contribution in [0.4, 0.5) is 10.5 Å². The topological polar surface area (TPSA) is 35.6 Å². The number of anilines is 1. The molecule has 1 N–H and O–H groups in total. The number of carbonyl (C=O) groups excluding carboxylic acids is 1. The van der Waals surface area contributed by atoms with Crippen LogP contribution >= 0.6 is 11.6 Å². The number of benzene rings is 1. The summed E-state index contributed by atoms with van der Waals surface area (Å²) in [5, 5.41) is 4.05. The number of amides is 2. The lowest BCUT2D eigenvalue weighted by Crippen LogP contribution is -2.53. The molecule has 0 aromatic heterocycles. The van der Waals surface area contributed by atoms with E-state index < -0.39 is 0 Å². The monoisotopic (exact) mass is 349 g/mol. The fraction of sp³-hybridized carbons (Fsp3) is 0.632. The quantitative estimate of drug-likeness (QED) is 0.812. The summed E-state index contributed by atoms with van der Waals surface area (Å²) in [6, 6.07) is 6.68. The van der Waals surface area contributed by atoms with Crippen LogP contribution in [0.5, 0.6) is 0 Å².